The van der Waals surface area contributed by atoms with Crippen molar-refractivity contribution in [2.24, 2.45) is 0 Å². The third-order valence-electron chi connectivity index (χ3n) is 3.42. The summed E-state index contributed by atoms with van der Waals surface area (Å²) >= 11 is 16.0. The van der Waals surface area contributed by atoms with E-state index in [-0.39, 0.29) is 0 Å². The van der Waals surface area contributed by atoms with Crippen molar-refractivity contribution < 1.29 is 5.11 Å². The first kappa shape index (κ1) is 16.8. The highest BCUT2D eigenvalue weighted by Gasteiger charge is 2.20. The summed E-state index contributed by atoms with van der Waals surface area (Å²) < 4.78 is 2.61. The van der Waals surface area contributed by atoms with Crippen LogP contribution in [-0.2, 0) is 19.4 Å². The van der Waals surface area contributed by atoms with E-state index in [2.05, 4.69) is 21.0 Å². The lowest BCUT2D eigenvalue weighted by molar-refractivity contribution is 0.175. The molecule has 2 aromatic rings. The minimum absolute atomic E-state index is 0.385. The number of benzene rings is 1. The van der Waals surface area contributed by atoms with Gasteiger partial charge in [-0.3, -0.25) is 4.68 Å². The van der Waals surface area contributed by atoms with Gasteiger partial charge in [0.1, 0.15) is 0 Å². The molecule has 1 N–H and O–H groups in total. The first-order valence-corrected chi connectivity index (χ1v) is 8.40. The van der Waals surface area contributed by atoms with E-state index in [1.165, 1.54) is 0 Å². The zero-order valence-corrected chi connectivity index (χ0v) is 15.0. The molecule has 0 saturated carbocycles. The van der Waals surface area contributed by atoms with E-state index < -0.39 is 6.10 Å². The van der Waals surface area contributed by atoms with Crippen molar-refractivity contribution in [3.63, 3.8) is 0 Å². The van der Waals surface area contributed by atoms with Gasteiger partial charge in [0.25, 0.3) is 0 Å². The van der Waals surface area contributed by atoms with Crippen LogP contribution in [0, 0.1) is 0 Å². The number of nitrogens with zero attached hydrogens (tertiary/aromatic N) is 2. The zero-order chi connectivity index (χ0) is 15.6. The van der Waals surface area contributed by atoms with Gasteiger partial charge < -0.3 is 5.11 Å². The number of aliphatic hydroxyl groups is 1. The Morgan fingerprint density at radius 1 is 1.29 bits per heavy atom. The number of hydrogen-bond acceptors (Lipinski definition) is 2. The highest BCUT2D eigenvalue weighted by molar-refractivity contribution is 9.10. The lowest BCUT2D eigenvalue weighted by Crippen LogP contribution is -2.09. The van der Waals surface area contributed by atoms with Crippen molar-refractivity contribution in [1.82, 2.24) is 9.78 Å². The van der Waals surface area contributed by atoms with Gasteiger partial charge in [-0.1, -0.05) is 42.3 Å². The Kier molecular flexibility index (Phi) is 5.72. The molecule has 1 atom stereocenters. The van der Waals surface area contributed by atoms with Crippen molar-refractivity contribution in [1.29, 1.82) is 0 Å². The Hall–Kier alpha value is -0.550. The number of aliphatic hydroxyl groups excluding tert-OH is 1. The summed E-state index contributed by atoms with van der Waals surface area (Å²) in [5.74, 6) is 0. The highest BCUT2D eigenvalue weighted by atomic mass is 79.9. The van der Waals surface area contributed by atoms with E-state index in [0.717, 1.165) is 22.3 Å². The molecule has 114 valence electrons. The molecule has 6 heteroatoms. The van der Waals surface area contributed by atoms with Crippen LogP contribution in [0.25, 0.3) is 0 Å². The molecule has 0 aliphatic rings. The maximum atomic E-state index is 10.5. The molecule has 3 nitrogen and oxygen atoms in total. The fourth-order valence-corrected chi connectivity index (χ4v) is 3.26. The Morgan fingerprint density at radius 2 is 2.00 bits per heavy atom. The average molecular weight is 392 g/mol. The van der Waals surface area contributed by atoms with Gasteiger partial charge in [-0.15, -0.1) is 0 Å². The van der Waals surface area contributed by atoms with Crippen LogP contribution in [0.4, 0.5) is 0 Å². The smallest absolute Gasteiger partial charge is 0.0860 e. The van der Waals surface area contributed by atoms with Crippen molar-refractivity contribution >= 4 is 39.1 Å². The van der Waals surface area contributed by atoms with Gasteiger partial charge in [0.2, 0.25) is 0 Å². The molecule has 1 unspecified atom stereocenters. The van der Waals surface area contributed by atoms with Crippen LogP contribution in [0.1, 0.15) is 36.9 Å². The van der Waals surface area contributed by atoms with Crippen molar-refractivity contribution in [2.45, 2.75) is 39.3 Å². The molecule has 1 aromatic heterocycles. The van der Waals surface area contributed by atoms with E-state index in [9.17, 15) is 5.11 Å². The molecular formula is C15H17BrCl2N2O. The molecule has 0 amide bonds. The molecule has 0 radical (unpaired) electrons. The molecule has 0 aliphatic carbocycles. The van der Waals surface area contributed by atoms with Crippen LogP contribution in [-0.4, -0.2) is 14.9 Å². The second-order valence-electron chi connectivity index (χ2n) is 4.74. The van der Waals surface area contributed by atoms with Crippen LogP contribution in [0.15, 0.2) is 22.7 Å². The first-order valence-electron chi connectivity index (χ1n) is 6.85. The van der Waals surface area contributed by atoms with Gasteiger partial charge >= 0.3 is 0 Å². The summed E-state index contributed by atoms with van der Waals surface area (Å²) in [5, 5.41) is 16.1. The Morgan fingerprint density at radius 3 is 2.62 bits per heavy atom. The van der Waals surface area contributed by atoms with E-state index in [4.69, 9.17) is 23.2 Å². The predicted molar refractivity (Wildman–Crippen MR) is 90.1 cm³/mol. The lowest BCUT2D eigenvalue weighted by Gasteiger charge is -2.14. The van der Waals surface area contributed by atoms with Gasteiger partial charge in [-0.05, 0) is 35.3 Å². The first-order chi connectivity index (χ1) is 9.99. The Labute approximate surface area is 143 Å². The van der Waals surface area contributed by atoms with Crippen molar-refractivity contribution in [2.75, 3.05) is 0 Å². The van der Waals surface area contributed by atoms with Gasteiger partial charge in [0.05, 0.1) is 27.5 Å². The number of hydrogen-bond donors (Lipinski definition) is 1. The quantitative estimate of drug-likeness (QED) is 0.793. The summed E-state index contributed by atoms with van der Waals surface area (Å²) in [4.78, 5) is 0. The molecule has 2 rings (SSSR count). The molecule has 1 aromatic carbocycles. The average Bonchev–Trinajstić information content (AvgIpc) is 2.78. The number of rotatable bonds is 5. The third-order valence-corrected chi connectivity index (χ3v) is 5.17. The number of aryl methyl sites for hydroxylation is 2. The SMILES string of the molecule is CCc1nn(CC)c(CC(O)c2cccc(Br)c2Cl)c1Cl. The third kappa shape index (κ3) is 3.45. The normalized spacial score (nSPS) is 12.7. The van der Waals surface area contributed by atoms with E-state index in [0.29, 0.717) is 28.6 Å². The van der Waals surface area contributed by atoms with Crippen LogP contribution >= 0.6 is 39.1 Å². The van der Waals surface area contributed by atoms with Gasteiger partial charge in [0.15, 0.2) is 0 Å². The van der Waals surface area contributed by atoms with E-state index in [1.807, 2.05) is 36.7 Å². The molecule has 1 heterocycles. The topological polar surface area (TPSA) is 38.0 Å². The standard InChI is InChI=1S/C15H17BrCl2N2O/c1-3-11-15(18)12(20(4-2)19-11)8-13(21)9-6-5-7-10(16)14(9)17/h5-7,13,21H,3-4,8H2,1-2H3. The molecule has 21 heavy (non-hydrogen) atoms. The van der Waals surface area contributed by atoms with Crippen molar-refractivity contribution in [3.8, 4) is 0 Å². The van der Waals surface area contributed by atoms with E-state index in [1.54, 1.807) is 0 Å². The Bertz CT molecular complexity index is 643. The Balaban J connectivity index is 2.33. The molecular weight excluding hydrogens is 375 g/mol. The van der Waals surface area contributed by atoms with Crippen LogP contribution in [0.5, 0.6) is 0 Å². The van der Waals surface area contributed by atoms with Crippen LogP contribution < -0.4 is 0 Å². The van der Waals surface area contributed by atoms with Crippen molar-refractivity contribution in [3.05, 3.63) is 49.7 Å². The molecule has 0 bridgehead atoms. The highest BCUT2D eigenvalue weighted by Crippen LogP contribution is 2.33. The van der Waals surface area contributed by atoms with E-state index >= 15 is 0 Å². The largest absolute Gasteiger partial charge is 0.388 e. The minimum atomic E-state index is -0.723. The maximum Gasteiger partial charge on any atom is 0.0860 e. The second-order valence-corrected chi connectivity index (χ2v) is 6.35. The molecule has 0 saturated heterocycles. The zero-order valence-electron chi connectivity index (χ0n) is 11.9. The summed E-state index contributed by atoms with van der Waals surface area (Å²) in [6.07, 6.45) is 0.432. The summed E-state index contributed by atoms with van der Waals surface area (Å²) in [7, 11) is 0. The maximum absolute atomic E-state index is 10.5. The summed E-state index contributed by atoms with van der Waals surface area (Å²) in [6, 6.07) is 5.51. The summed E-state index contributed by atoms with van der Waals surface area (Å²) in [6.45, 7) is 4.73. The minimum Gasteiger partial charge on any atom is -0.388 e. The molecule has 0 fully saturated rings. The van der Waals surface area contributed by atoms with Crippen LogP contribution in [0.2, 0.25) is 10.0 Å². The number of aromatic nitrogens is 2. The van der Waals surface area contributed by atoms with Gasteiger partial charge in [-0.2, -0.15) is 5.10 Å². The molecule has 0 spiro atoms. The van der Waals surface area contributed by atoms with Gasteiger partial charge in [0, 0.05) is 23.0 Å². The monoisotopic (exact) mass is 390 g/mol. The second kappa shape index (κ2) is 7.14. The fourth-order valence-electron chi connectivity index (χ4n) is 2.28. The lowest BCUT2D eigenvalue weighted by atomic mass is 10.0. The predicted octanol–water partition coefficient (Wildman–Crippen LogP) is 4.81. The van der Waals surface area contributed by atoms with Crippen LogP contribution in [0.3, 0.4) is 0 Å². The number of halogens is 3. The fraction of sp³-hybridized carbons (Fsp3) is 0.400. The summed E-state index contributed by atoms with van der Waals surface area (Å²) in [5.41, 5.74) is 2.39. The molecule has 0 aliphatic heterocycles. The van der Waals surface area contributed by atoms with Gasteiger partial charge in [-0.25, -0.2) is 0 Å².